The predicted octanol–water partition coefficient (Wildman–Crippen LogP) is 1.84. The molecule has 1 spiro atoms. The highest BCUT2D eigenvalue weighted by Gasteiger charge is 2.49. The van der Waals surface area contributed by atoms with Gasteiger partial charge in [0.2, 0.25) is 0 Å². The van der Waals surface area contributed by atoms with Gasteiger partial charge in [0, 0.05) is 50.2 Å². The molecule has 4 heterocycles. The van der Waals surface area contributed by atoms with Crippen molar-refractivity contribution >= 4 is 23.5 Å². The van der Waals surface area contributed by atoms with Crippen LogP contribution in [0.4, 0.5) is 20.7 Å². The van der Waals surface area contributed by atoms with E-state index >= 15 is 0 Å². The third-order valence-corrected chi connectivity index (χ3v) is 6.57. The van der Waals surface area contributed by atoms with E-state index in [1.807, 2.05) is 6.07 Å². The molecule has 0 saturated carbocycles. The van der Waals surface area contributed by atoms with Crippen molar-refractivity contribution in [2.24, 2.45) is 0 Å². The maximum atomic E-state index is 13.5. The predicted molar refractivity (Wildman–Crippen MR) is 124 cm³/mol. The summed E-state index contributed by atoms with van der Waals surface area (Å²) in [5.41, 5.74) is 0.0855. The van der Waals surface area contributed by atoms with E-state index in [1.165, 1.54) is 29.2 Å². The molecule has 2 aromatic rings. The molecule has 3 aliphatic heterocycles. The maximum absolute atomic E-state index is 13.5. The van der Waals surface area contributed by atoms with Crippen molar-refractivity contribution in [3.63, 3.8) is 0 Å². The average molecular weight is 470 g/mol. The average Bonchev–Trinajstić information content (AvgIpc) is 3.03. The van der Waals surface area contributed by atoms with Gasteiger partial charge in [0.25, 0.3) is 5.91 Å². The zero-order valence-electron chi connectivity index (χ0n) is 19.2. The Kier molecular flexibility index (Phi) is 6.09. The number of piperazine rings is 1. The van der Waals surface area contributed by atoms with Crippen LogP contribution in [0.15, 0.2) is 42.6 Å². The van der Waals surface area contributed by atoms with Crippen molar-refractivity contribution < 1.29 is 23.5 Å². The van der Waals surface area contributed by atoms with Crippen LogP contribution in [-0.4, -0.2) is 98.5 Å². The first-order valence-electron chi connectivity index (χ1n) is 11.5. The van der Waals surface area contributed by atoms with Gasteiger partial charge in [-0.25, -0.2) is 14.2 Å². The monoisotopic (exact) mass is 469 g/mol. The Balaban J connectivity index is 1.33. The van der Waals surface area contributed by atoms with E-state index < -0.39 is 11.7 Å². The largest absolute Gasteiger partial charge is 0.436 e. The van der Waals surface area contributed by atoms with Crippen molar-refractivity contribution in [1.29, 1.82) is 0 Å². The van der Waals surface area contributed by atoms with E-state index in [1.54, 1.807) is 17.2 Å². The lowest BCUT2D eigenvalue weighted by molar-refractivity contribution is -0.0140. The lowest BCUT2D eigenvalue weighted by Gasteiger charge is -2.33. The van der Waals surface area contributed by atoms with E-state index in [0.29, 0.717) is 24.4 Å². The number of benzene rings is 1. The van der Waals surface area contributed by atoms with Gasteiger partial charge in [-0.15, -0.1) is 0 Å². The number of rotatable bonds is 3. The lowest BCUT2D eigenvalue weighted by Crippen LogP contribution is -2.49. The summed E-state index contributed by atoms with van der Waals surface area (Å²) in [4.78, 5) is 38.2. The minimum atomic E-state index is -0.995. The number of ether oxygens (including phenoxy) is 2. The molecule has 1 atom stereocenters. The molecule has 1 unspecified atom stereocenters. The second kappa shape index (κ2) is 9.19. The summed E-state index contributed by atoms with van der Waals surface area (Å²) < 4.78 is 24.8. The fourth-order valence-corrected chi connectivity index (χ4v) is 4.62. The van der Waals surface area contributed by atoms with Crippen LogP contribution in [0.5, 0.6) is 0 Å². The molecule has 9 nitrogen and oxygen atoms in total. The number of anilines is 2. The fourth-order valence-electron chi connectivity index (χ4n) is 4.62. The molecule has 1 aromatic heterocycles. The minimum Gasteiger partial charge on any atom is -0.436 e. The SMILES string of the molecule is CN1CCN(c2cc(C(=O)N3CCOCC4(C3)CN(c3ccc(F)cc3)C(=O)O4)ccn2)CC1. The van der Waals surface area contributed by atoms with E-state index in [4.69, 9.17) is 9.47 Å². The standard InChI is InChI=1S/C24H28FN5O4/c1-27-8-10-28(11-9-27)21-14-18(6-7-26-21)22(31)29-12-13-33-17-24(15-29)16-30(23(32)34-24)20-4-2-19(25)3-5-20/h2-7,14H,8-13,15-17H2,1H3. The molecule has 0 bridgehead atoms. The summed E-state index contributed by atoms with van der Waals surface area (Å²) in [5.74, 6) is 0.252. The summed E-state index contributed by atoms with van der Waals surface area (Å²) in [6.45, 7) is 4.95. The van der Waals surface area contributed by atoms with Crippen LogP contribution in [-0.2, 0) is 9.47 Å². The Hall–Kier alpha value is -3.24. The number of pyridine rings is 1. The molecule has 180 valence electrons. The third-order valence-electron chi connectivity index (χ3n) is 6.57. The van der Waals surface area contributed by atoms with E-state index in [2.05, 4.69) is 21.8 Å². The molecule has 3 fully saturated rings. The number of nitrogens with zero attached hydrogens (tertiary/aromatic N) is 5. The molecule has 34 heavy (non-hydrogen) atoms. The van der Waals surface area contributed by atoms with Crippen molar-refractivity contribution in [3.05, 3.63) is 54.0 Å². The molecular weight excluding hydrogens is 441 g/mol. The van der Waals surface area contributed by atoms with Gasteiger partial charge in [-0.3, -0.25) is 9.69 Å². The van der Waals surface area contributed by atoms with Gasteiger partial charge >= 0.3 is 6.09 Å². The molecule has 2 amide bonds. The van der Waals surface area contributed by atoms with Crippen LogP contribution < -0.4 is 9.80 Å². The van der Waals surface area contributed by atoms with Gasteiger partial charge in [-0.2, -0.15) is 0 Å². The number of carbonyl (C=O) groups is 2. The number of hydrogen-bond acceptors (Lipinski definition) is 7. The zero-order chi connectivity index (χ0) is 23.7. The summed E-state index contributed by atoms with van der Waals surface area (Å²) in [5, 5.41) is 0. The smallest absolute Gasteiger partial charge is 0.415 e. The number of hydrogen-bond donors (Lipinski definition) is 0. The maximum Gasteiger partial charge on any atom is 0.415 e. The fraction of sp³-hybridized carbons (Fsp3) is 0.458. The summed E-state index contributed by atoms with van der Waals surface area (Å²) in [7, 11) is 2.09. The van der Waals surface area contributed by atoms with E-state index in [0.717, 1.165) is 32.0 Å². The number of likely N-dealkylation sites (N-methyl/N-ethyl adjacent to an activating group) is 1. The molecule has 0 radical (unpaired) electrons. The van der Waals surface area contributed by atoms with Gasteiger partial charge in [0.05, 0.1) is 26.3 Å². The molecule has 0 N–H and O–H groups in total. The summed E-state index contributed by atoms with van der Waals surface area (Å²) in [6, 6.07) is 9.21. The molecule has 10 heteroatoms. The topological polar surface area (TPSA) is 78.5 Å². The van der Waals surface area contributed by atoms with Crippen LogP contribution in [0.3, 0.4) is 0 Å². The minimum absolute atomic E-state index is 0.154. The van der Waals surface area contributed by atoms with Gasteiger partial charge in [0.15, 0.2) is 5.60 Å². The van der Waals surface area contributed by atoms with Crippen LogP contribution in [0.2, 0.25) is 0 Å². The molecule has 1 aromatic carbocycles. The molecule has 3 aliphatic rings. The van der Waals surface area contributed by atoms with Gasteiger partial charge < -0.3 is 24.2 Å². The van der Waals surface area contributed by atoms with Crippen molar-refractivity contribution in [2.75, 3.05) is 75.9 Å². The lowest BCUT2D eigenvalue weighted by atomic mass is 10.0. The van der Waals surface area contributed by atoms with Crippen LogP contribution in [0.1, 0.15) is 10.4 Å². The van der Waals surface area contributed by atoms with Crippen molar-refractivity contribution in [3.8, 4) is 0 Å². The molecule has 5 rings (SSSR count). The van der Waals surface area contributed by atoms with E-state index in [9.17, 15) is 14.0 Å². The summed E-state index contributed by atoms with van der Waals surface area (Å²) in [6.07, 6.45) is 1.13. The number of aromatic nitrogens is 1. The Morgan fingerprint density at radius 1 is 1.06 bits per heavy atom. The quantitative estimate of drug-likeness (QED) is 0.679. The van der Waals surface area contributed by atoms with Gasteiger partial charge in [-0.05, 0) is 43.4 Å². The first-order chi connectivity index (χ1) is 16.4. The Bertz CT molecular complexity index is 1060. The Morgan fingerprint density at radius 3 is 2.59 bits per heavy atom. The van der Waals surface area contributed by atoms with Crippen LogP contribution in [0.25, 0.3) is 0 Å². The van der Waals surface area contributed by atoms with Crippen molar-refractivity contribution in [2.45, 2.75) is 5.60 Å². The third kappa shape index (κ3) is 4.55. The molecule has 0 aliphatic carbocycles. The second-order valence-corrected chi connectivity index (χ2v) is 9.09. The normalized spacial score (nSPS) is 23.8. The Labute approximate surface area is 197 Å². The second-order valence-electron chi connectivity index (χ2n) is 9.09. The zero-order valence-corrected chi connectivity index (χ0v) is 19.2. The molecular formula is C24H28FN5O4. The highest BCUT2D eigenvalue weighted by atomic mass is 19.1. The van der Waals surface area contributed by atoms with Crippen LogP contribution in [0, 0.1) is 5.82 Å². The first-order valence-corrected chi connectivity index (χ1v) is 11.5. The van der Waals surface area contributed by atoms with Gasteiger partial charge in [0.1, 0.15) is 11.6 Å². The number of amides is 2. The van der Waals surface area contributed by atoms with Crippen molar-refractivity contribution in [1.82, 2.24) is 14.8 Å². The van der Waals surface area contributed by atoms with E-state index in [-0.39, 0.29) is 31.4 Å². The number of carbonyl (C=O) groups excluding carboxylic acids is 2. The highest BCUT2D eigenvalue weighted by molar-refractivity contribution is 5.95. The van der Waals surface area contributed by atoms with Gasteiger partial charge in [-0.1, -0.05) is 0 Å². The highest BCUT2D eigenvalue weighted by Crippen LogP contribution is 2.31. The van der Waals surface area contributed by atoms with Crippen LogP contribution >= 0.6 is 0 Å². The first kappa shape index (κ1) is 22.5. The Morgan fingerprint density at radius 2 is 1.82 bits per heavy atom. The molecule has 3 saturated heterocycles. The summed E-state index contributed by atoms with van der Waals surface area (Å²) >= 11 is 0. The number of halogens is 1.